The van der Waals surface area contributed by atoms with Gasteiger partial charge in [-0.05, 0) is 51.5 Å². The van der Waals surface area contributed by atoms with Crippen molar-refractivity contribution in [2.24, 2.45) is 0 Å². The number of rotatable bonds is 2. The normalized spacial score (nSPS) is 27.1. The van der Waals surface area contributed by atoms with E-state index >= 15 is 0 Å². The summed E-state index contributed by atoms with van der Waals surface area (Å²) >= 11 is 6.07. The van der Waals surface area contributed by atoms with Crippen molar-refractivity contribution in [1.82, 2.24) is 4.98 Å². The van der Waals surface area contributed by atoms with Crippen LogP contribution in [0, 0.1) is 12.7 Å². The largest absolute Gasteiger partial charge is 0.490 e. The summed E-state index contributed by atoms with van der Waals surface area (Å²) in [6.45, 7) is 1.57. The molecule has 1 aromatic heterocycles. The zero-order valence-corrected chi connectivity index (χ0v) is 20.5. The van der Waals surface area contributed by atoms with E-state index in [9.17, 15) is 27.2 Å². The Kier molecular flexibility index (Phi) is 5.52. The van der Waals surface area contributed by atoms with E-state index < -0.39 is 70.7 Å². The third-order valence-corrected chi connectivity index (χ3v) is 6.43. The number of aromatic nitrogens is 1. The fraction of sp³-hybridized carbons (Fsp3) is 0.458. The van der Waals surface area contributed by atoms with Crippen molar-refractivity contribution < 1.29 is 44.1 Å². The Bertz CT molecular complexity index is 1380. The summed E-state index contributed by atoms with van der Waals surface area (Å²) in [5.74, 6) is -4.96. The molecule has 2 amide bonds. The van der Waals surface area contributed by atoms with E-state index in [0.717, 1.165) is 23.1 Å². The lowest BCUT2D eigenvalue weighted by atomic mass is 10.1. The average molecular weight is 546 g/mol. The summed E-state index contributed by atoms with van der Waals surface area (Å²) < 4.78 is 89.4. The Morgan fingerprint density at radius 3 is 2.70 bits per heavy atom. The number of aryl methyl sites for hydroxylation is 1. The molecule has 2 saturated heterocycles. The van der Waals surface area contributed by atoms with Crippen LogP contribution in [-0.4, -0.2) is 53.9 Å². The SMILES string of the molecule is [2H]C1([2H])CCOc2c(ccc(F)c2Cl)N1C(=O)[C@@H]1[C@@H]2OC(C)(C)O[C@@H]2C(=O)N1c1cc(C(F)(F)F)cc(C)n1. The van der Waals surface area contributed by atoms with Gasteiger partial charge in [0.2, 0.25) is 0 Å². The maximum Gasteiger partial charge on any atom is 0.416 e. The monoisotopic (exact) mass is 545 g/mol. The molecule has 0 unspecified atom stereocenters. The number of hydrogen-bond donors (Lipinski definition) is 0. The van der Waals surface area contributed by atoms with Crippen LogP contribution in [0.5, 0.6) is 5.75 Å². The number of hydrogen-bond acceptors (Lipinski definition) is 6. The first-order chi connectivity index (χ1) is 18.0. The van der Waals surface area contributed by atoms with Crippen LogP contribution in [0.2, 0.25) is 5.02 Å². The summed E-state index contributed by atoms with van der Waals surface area (Å²) in [7, 11) is 0. The third kappa shape index (κ3) is 4.40. The molecule has 0 saturated carbocycles. The second-order valence-electron chi connectivity index (χ2n) is 9.17. The Balaban J connectivity index is 1.68. The number of ether oxygens (including phenoxy) is 3. The first-order valence-electron chi connectivity index (χ1n) is 12.2. The summed E-state index contributed by atoms with van der Waals surface area (Å²) in [6.07, 6.45) is -7.88. The van der Waals surface area contributed by atoms with Gasteiger partial charge in [-0.15, -0.1) is 0 Å². The molecule has 5 rings (SSSR count). The molecule has 4 heterocycles. The van der Waals surface area contributed by atoms with Crippen LogP contribution in [0.4, 0.5) is 29.1 Å². The Morgan fingerprint density at radius 1 is 1.27 bits per heavy atom. The van der Waals surface area contributed by atoms with Gasteiger partial charge in [0, 0.05) is 14.9 Å². The number of alkyl halides is 3. The first kappa shape index (κ1) is 23.2. The maximum atomic E-state index is 14.3. The van der Waals surface area contributed by atoms with Gasteiger partial charge in [0.05, 0.1) is 17.9 Å². The van der Waals surface area contributed by atoms with Gasteiger partial charge in [-0.2, -0.15) is 13.2 Å². The summed E-state index contributed by atoms with van der Waals surface area (Å²) in [4.78, 5) is 33.3. The minimum absolute atomic E-state index is 0.0795. The highest BCUT2D eigenvalue weighted by atomic mass is 35.5. The zero-order chi connectivity index (χ0) is 28.7. The topological polar surface area (TPSA) is 81.2 Å². The molecule has 13 heteroatoms. The van der Waals surface area contributed by atoms with Crippen molar-refractivity contribution >= 4 is 34.9 Å². The van der Waals surface area contributed by atoms with E-state index in [-0.39, 0.29) is 30.2 Å². The van der Waals surface area contributed by atoms with Gasteiger partial charge in [0.15, 0.2) is 17.6 Å². The predicted molar refractivity (Wildman–Crippen MR) is 123 cm³/mol. The molecule has 1 aromatic carbocycles. The van der Waals surface area contributed by atoms with Crippen molar-refractivity contribution in [3.63, 3.8) is 0 Å². The number of nitrogens with zero attached hydrogens (tertiary/aromatic N) is 3. The van der Waals surface area contributed by atoms with E-state index in [4.69, 9.17) is 28.6 Å². The Hall–Kier alpha value is -2.96. The lowest BCUT2D eigenvalue weighted by Gasteiger charge is -2.32. The molecular weight excluding hydrogens is 522 g/mol. The highest BCUT2D eigenvalue weighted by Crippen LogP contribution is 2.44. The fourth-order valence-electron chi connectivity index (χ4n) is 4.64. The van der Waals surface area contributed by atoms with Crippen LogP contribution in [0.15, 0.2) is 24.3 Å². The number of amides is 2. The van der Waals surface area contributed by atoms with Gasteiger partial charge in [0.1, 0.15) is 28.8 Å². The van der Waals surface area contributed by atoms with Crippen molar-refractivity contribution in [3.8, 4) is 5.75 Å². The lowest BCUT2D eigenvalue weighted by Crippen LogP contribution is -2.52. The van der Waals surface area contributed by atoms with Crippen LogP contribution in [0.3, 0.4) is 0 Å². The number of carbonyl (C=O) groups excluding carboxylic acids is 2. The highest BCUT2D eigenvalue weighted by molar-refractivity contribution is 6.33. The average Bonchev–Trinajstić information content (AvgIpc) is 3.21. The molecule has 3 atom stereocenters. The standard InChI is InChI=1S/C24H22ClF4N3O5/c1-11-9-12(24(27,28)29)10-15(30-11)32-17(19-20(22(32)34)37-23(2,3)36-19)21(33)31-7-4-8-35-18-14(31)6-5-13(26)16(18)25/h5-6,9-10,17,19-20H,4,7-8H2,1-3H3/t17-,19-,20-/m0/s1/i7D2. The van der Waals surface area contributed by atoms with Crippen molar-refractivity contribution in [2.45, 2.75) is 57.4 Å². The predicted octanol–water partition coefficient (Wildman–Crippen LogP) is 4.25. The number of pyridine rings is 1. The number of halogens is 5. The van der Waals surface area contributed by atoms with Crippen molar-refractivity contribution in [1.29, 1.82) is 0 Å². The lowest BCUT2D eigenvalue weighted by molar-refractivity contribution is -0.161. The summed E-state index contributed by atoms with van der Waals surface area (Å²) in [6, 6.07) is 1.72. The molecule has 0 radical (unpaired) electrons. The fourth-order valence-corrected chi connectivity index (χ4v) is 4.85. The molecule has 0 aliphatic carbocycles. The molecular formula is C24H22ClF4N3O5. The van der Waals surface area contributed by atoms with Crippen molar-refractivity contribution in [3.05, 3.63) is 46.4 Å². The second kappa shape index (κ2) is 8.81. The number of carbonyl (C=O) groups is 2. The van der Waals surface area contributed by atoms with E-state index in [1.54, 1.807) is 0 Å². The smallest absolute Gasteiger partial charge is 0.416 e. The number of fused-ring (bicyclic) bond motifs is 2. The van der Waals surface area contributed by atoms with Crippen LogP contribution in [0.1, 0.15) is 34.3 Å². The second-order valence-corrected chi connectivity index (χ2v) is 9.54. The van der Waals surface area contributed by atoms with Crippen LogP contribution < -0.4 is 14.5 Å². The molecule has 3 aliphatic heterocycles. The van der Waals surface area contributed by atoms with Gasteiger partial charge in [-0.25, -0.2) is 9.37 Å². The van der Waals surface area contributed by atoms with E-state index in [2.05, 4.69) is 4.98 Å². The van der Waals surface area contributed by atoms with Crippen LogP contribution in [0.25, 0.3) is 0 Å². The molecule has 198 valence electrons. The maximum absolute atomic E-state index is 14.3. The van der Waals surface area contributed by atoms with Crippen LogP contribution in [-0.2, 0) is 25.2 Å². The number of benzene rings is 1. The van der Waals surface area contributed by atoms with Gasteiger partial charge < -0.3 is 19.1 Å². The molecule has 8 nitrogen and oxygen atoms in total. The van der Waals surface area contributed by atoms with E-state index in [0.29, 0.717) is 11.0 Å². The molecule has 37 heavy (non-hydrogen) atoms. The van der Waals surface area contributed by atoms with Gasteiger partial charge in [0.25, 0.3) is 11.8 Å². The van der Waals surface area contributed by atoms with Crippen LogP contribution >= 0.6 is 11.6 Å². The van der Waals surface area contributed by atoms with Crippen molar-refractivity contribution in [2.75, 3.05) is 22.9 Å². The molecule has 2 fully saturated rings. The first-order valence-corrected chi connectivity index (χ1v) is 11.6. The zero-order valence-electron chi connectivity index (χ0n) is 21.7. The molecule has 2 aromatic rings. The van der Waals surface area contributed by atoms with E-state index in [1.807, 2.05) is 0 Å². The summed E-state index contributed by atoms with van der Waals surface area (Å²) in [5.41, 5.74) is -1.41. The molecule has 3 aliphatic rings. The quantitative estimate of drug-likeness (QED) is 0.525. The van der Waals surface area contributed by atoms with Gasteiger partial charge in [-0.3, -0.25) is 14.5 Å². The number of anilines is 2. The van der Waals surface area contributed by atoms with E-state index in [1.165, 1.54) is 20.8 Å². The molecule has 0 N–H and O–H groups in total. The minimum Gasteiger partial charge on any atom is -0.490 e. The van der Waals surface area contributed by atoms with Gasteiger partial charge >= 0.3 is 6.18 Å². The molecule has 0 bridgehead atoms. The summed E-state index contributed by atoms with van der Waals surface area (Å²) in [5, 5.41) is -0.489. The molecule has 0 spiro atoms. The van der Waals surface area contributed by atoms with Gasteiger partial charge in [-0.1, -0.05) is 11.6 Å². The Morgan fingerprint density at radius 2 is 2.00 bits per heavy atom. The third-order valence-electron chi connectivity index (χ3n) is 6.08. The minimum atomic E-state index is -4.78. The highest BCUT2D eigenvalue weighted by Gasteiger charge is 2.61. The Labute approximate surface area is 216 Å².